The summed E-state index contributed by atoms with van der Waals surface area (Å²) in [5.41, 5.74) is 2.04. The second-order valence-electron chi connectivity index (χ2n) is 5.30. The first-order valence-corrected chi connectivity index (χ1v) is 6.19. The molecule has 94 valence electrons. The SMILES string of the molecule is CC1(C)CC(Nc2ccc(CO)cc2)CCO1. The molecule has 1 atom stereocenters. The van der Waals surface area contributed by atoms with E-state index in [1.807, 2.05) is 24.3 Å². The van der Waals surface area contributed by atoms with Gasteiger partial charge in [-0.25, -0.2) is 0 Å². The zero-order chi connectivity index (χ0) is 12.3. The lowest BCUT2D eigenvalue weighted by Crippen LogP contribution is -2.40. The third kappa shape index (κ3) is 3.45. The highest BCUT2D eigenvalue weighted by Gasteiger charge is 2.28. The number of aliphatic hydroxyl groups excluding tert-OH is 1. The lowest BCUT2D eigenvalue weighted by molar-refractivity contribution is -0.0553. The van der Waals surface area contributed by atoms with Crippen molar-refractivity contribution in [1.29, 1.82) is 0 Å². The molecule has 17 heavy (non-hydrogen) atoms. The first-order valence-electron chi connectivity index (χ1n) is 6.19. The maximum Gasteiger partial charge on any atom is 0.0681 e. The fraction of sp³-hybridized carbons (Fsp3) is 0.571. The number of benzene rings is 1. The predicted octanol–water partition coefficient (Wildman–Crippen LogP) is 2.55. The van der Waals surface area contributed by atoms with Crippen molar-refractivity contribution in [2.45, 2.75) is 44.9 Å². The summed E-state index contributed by atoms with van der Waals surface area (Å²) >= 11 is 0. The number of ether oxygens (including phenoxy) is 1. The van der Waals surface area contributed by atoms with E-state index in [4.69, 9.17) is 9.84 Å². The van der Waals surface area contributed by atoms with Gasteiger partial charge in [0, 0.05) is 18.3 Å². The summed E-state index contributed by atoms with van der Waals surface area (Å²) in [7, 11) is 0. The molecule has 0 saturated carbocycles. The molecule has 3 heteroatoms. The minimum absolute atomic E-state index is 0.0268. The lowest BCUT2D eigenvalue weighted by Gasteiger charge is -2.36. The van der Waals surface area contributed by atoms with E-state index in [9.17, 15) is 0 Å². The molecular formula is C14H21NO2. The Balaban J connectivity index is 1.95. The van der Waals surface area contributed by atoms with E-state index in [1.165, 1.54) is 0 Å². The first kappa shape index (κ1) is 12.4. The Hall–Kier alpha value is -1.06. The van der Waals surface area contributed by atoms with Gasteiger partial charge in [0.05, 0.1) is 12.2 Å². The summed E-state index contributed by atoms with van der Waals surface area (Å²) in [4.78, 5) is 0. The molecule has 1 aliphatic rings. The van der Waals surface area contributed by atoms with Gasteiger partial charge in [-0.15, -0.1) is 0 Å². The van der Waals surface area contributed by atoms with Crippen molar-refractivity contribution in [3.8, 4) is 0 Å². The third-order valence-electron chi connectivity index (χ3n) is 3.20. The van der Waals surface area contributed by atoms with E-state index in [2.05, 4.69) is 19.2 Å². The zero-order valence-corrected chi connectivity index (χ0v) is 10.6. The van der Waals surface area contributed by atoms with Crippen LogP contribution in [0.2, 0.25) is 0 Å². The maximum absolute atomic E-state index is 8.98. The second kappa shape index (κ2) is 5.07. The molecule has 1 aromatic carbocycles. The molecule has 0 aliphatic carbocycles. The molecule has 1 aliphatic heterocycles. The van der Waals surface area contributed by atoms with Gasteiger partial charge in [0.25, 0.3) is 0 Å². The smallest absolute Gasteiger partial charge is 0.0681 e. The Morgan fingerprint density at radius 3 is 2.65 bits per heavy atom. The van der Waals surface area contributed by atoms with E-state index in [-0.39, 0.29) is 12.2 Å². The van der Waals surface area contributed by atoms with E-state index in [1.54, 1.807) is 0 Å². The summed E-state index contributed by atoms with van der Waals surface area (Å²) in [6.45, 7) is 5.19. The quantitative estimate of drug-likeness (QED) is 0.846. The summed E-state index contributed by atoms with van der Waals surface area (Å²) in [6.07, 6.45) is 2.07. The Morgan fingerprint density at radius 1 is 1.35 bits per heavy atom. The van der Waals surface area contributed by atoms with E-state index >= 15 is 0 Å². The largest absolute Gasteiger partial charge is 0.392 e. The minimum Gasteiger partial charge on any atom is -0.392 e. The molecule has 3 nitrogen and oxygen atoms in total. The Morgan fingerprint density at radius 2 is 2.06 bits per heavy atom. The summed E-state index contributed by atoms with van der Waals surface area (Å²) in [6, 6.07) is 8.42. The molecule has 1 saturated heterocycles. The van der Waals surface area contributed by atoms with Gasteiger partial charge in [0.1, 0.15) is 0 Å². The van der Waals surface area contributed by atoms with Gasteiger partial charge in [-0.05, 0) is 44.4 Å². The number of hydrogen-bond acceptors (Lipinski definition) is 3. The molecule has 0 amide bonds. The normalized spacial score (nSPS) is 23.4. The molecule has 1 aromatic rings. The van der Waals surface area contributed by atoms with Gasteiger partial charge in [-0.3, -0.25) is 0 Å². The highest BCUT2D eigenvalue weighted by Crippen LogP contribution is 2.26. The molecule has 1 fully saturated rings. The summed E-state index contributed by atoms with van der Waals surface area (Å²) < 4.78 is 5.70. The van der Waals surface area contributed by atoms with Crippen molar-refractivity contribution in [2.24, 2.45) is 0 Å². The lowest BCUT2D eigenvalue weighted by atomic mass is 9.94. The Labute approximate surface area is 103 Å². The standard InChI is InChI=1S/C14H21NO2/c1-14(2)9-13(7-8-17-14)15-12-5-3-11(10-16)4-6-12/h3-6,13,15-16H,7-10H2,1-2H3. The topological polar surface area (TPSA) is 41.5 Å². The molecule has 0 spiro atoms. The Bertz CT molecular complexity index is 359. The van der Waals surface area contributed by atoms with Crippen molar-refractivity contribution < 1.29 is 9.84 Å². The van der Waals surface area contributed by atoms with Crippen LogP contribution in [0.3, 0.4) is 0 Å². The molecule has 1 heterocycles. The van der Waals surface area contributed by atoms with E-state index < -0.39 is 0 Å². The van der Waals surface area contributed by atoms with Crippen LogP contribution in [0.5, 0.6) is 0 Å². The van der Waals surface area contributed by atoms with Crippen LogP contribution < -0.4 is 5.32 Å². The molecule has 0 bridgehead atoms. The third-order valence-corrected chi connectivity index (χ3v) is 3.20. The Kier molecular flexibility index (Phi) is 3.69. The highest BCUT2D eigenvalue weighted by atomic mass is 16.5. The van der Waals surface area contributed by atoms with Gasteiger partial charge < -0.3 is 15.2 Å². The summed E-state index contributed by atoms with van der Waals surface area (Å²) in [5, 5.41) is 12.5. The number of hydrogen-bond donors (Lipinski definition) is 2. The zero-order valence-electron chi connectivity index (χ0n) is 10.6. The average Bonchev–Trinajstić information content (AvgIpc) is 2.29. The van der Waals surface area contributed by atoms with Crippen LogP contribution >= 0.6 is 0 Å². The predicted molar refractivity (Wildman–Crippen MR) is 69.0 cm³/mol. The van der Waals surface area contributed by atoms with Crippen molar-refractivity contribution in [2.75, 3.05) is 11.9 Å². The fourth-order valence-corrected chi connectivity index (χ4v) is 2.30. The van der Waals surface area contributed by atoms with Gasteiger partial charge in [0.15, 0.2) is 0 Å². The number of aliphatic hydroxyl groups is 1. The van der Waals surface area contributed by atoms with Crippen LogP contribution in [0.25, 0.3) is 0 Å². The van der Waals surface area contributed by atoms with Gasteiger partial charge >= 0.3 is 0 Å². The monoisotopic (exact) mass is 235 g/mol. The number of anilines is 1. The van der Waals surface area contributed by atoms with Crippen LogP contribution in [-0.2, 0) is 11.3 Å². The van der Waals surface area contributed by atoms with E-state index in [0.717, 1.165) is 30.7 Å². The molecule has 0 radical (unpaired) electrons. The van der Waals surface area contributed by atoms with Crippen LogP contribution in [-0.4, -0.2) is 23.4 Å². The summed E-state index contributed by atoms with van der Waals surface area (Å²) in [5.74, 6) is 0. The molecule has 1 unspecified atom stereocenters. The van der Waals surface area contributed by atoms with Crippen LogP contribution in [0.4, 0.5) is 5.69 Å². The van der Waals surface area contributed by atoms with Gasteiger partial charge in [0.2, 0.25) is 0 Å². The highest BCUT2D eigenvalue weighted by molar-refractivity contribution is 5.45. The van der Waals surface area contributed by atoms with Crippen LogP contribution in [0.1, 0.15) is 32.3 Å². The second-order valence-corrected chi connectivity index (χ2v) is 5.30. The molecule has 2 rings (SSSR count). The van der Waals surface area contributed by atoms with Crippen LogP contribution in [0, 0.1) is 0 Å². The minimum atomic E-state index is -0.0268. The molecule has 2 N–H and O–H groups in total. The van der Waals surface area contributed by atoms with Crippen molar-refractivity contribution in [1.82, 2.24) is 0 Å². The number of nitrogens with one attached hydrogen (secondary N) is 1. The molecular weight excluding hydrogens is 214 g/mol. The van der Waals surface area contributed by atoms with Crippen molar-refractivity contribution in [3.63, 3.8) is 0 Å². The average molecular weight is 235 g/mol. The van der Waals surface area contributed by atoms with Crippen LogP contribution in [0.15, 0.2) is 24.3 Å². The molecule has 0 aromatic heterocycles. The first-order chi connectivity index (χ1) is 8.09. The number of rotatable bonds is 3. The van der Waals surface area contributed by atoms with Gasteiger partial charge in [-0.1, -0.05) is 12.1 Å². The van der Waals surface area contributed by atoms with E-state index in [0.29, 0.717) is 6.04 Å². The van der Waals surface area contributed by atoms with Crippen molar-refractivity contribution in [3.05, 3.63) is 29.8 Å². The van der Waals surface area contributed by atoms with Crippen molar-refractivity contribution >= 4 is 5.69 Å². The van der Waals surface area contributed by atoms with Gasteiger partial charge in [-0.2, -0.15) is 0 Å². The fourth-order valence-electron chi connectivity index (χ4n) is 2.30. The maximum atomic E-state index is 8.98.